The van der Waals surface area contributed by atoms with E-state index in [1.807, 2.05) is 49.4 Å². The lowest BCUT2D eigenvalue weighted by Gasteiger charge is -2.06. The molecule has 3 heteroatoms. The van der Waals surface area contributed by atoms with Gasteiger partial charge in [-0.2, -0.15) is 0 Å². The lowest BCUT2D eigenvalue weighted by atomic mass is 10.0. The summed E-state index contributed by atoms with van der Waals surface area (Å²) in [6.45, 7) is 4.37. The predicted molar refractivity (Wildman–Crippen MR) is 95.2 cm³/mol. The van der Waals surface area contributed by atoms with Gasteiger partial charge in [-0.1, -0.05) is 54.1 Å². The van der Waals surface area contributed by atoms with E-state index in [-0.39, 0.29) is 5.78 Å². The van der Waals surface area contributed by atoms with Gasteiger partial charge in [0, 0.05) is 34.6 Å². The van der Waals surface area contributed by atoms with E-state index >= 15 is 0 Å². The topological polar surface area (TPSA) is 22.0 Å². The maximum Gasteiger partial charge on any atom is 0.162 e. The first-order valence-corrected chi connectivity index (χ1v) is 7.94. The summed E-state index contributed by atoms with van der Waals surface area (Å²) >= 11 is 5.97. The van der Waals surface area contributed by atoms with Gasteiger partial charge in [0.1, 0.15) is 0 Å². The maximum absolute atomic E-state index is 12.2. The molecule has 0 saturated carbocycles. The number of benzene rings is 2. The average Bonchev–Trinajstić information content (AvgIpc) is 2.86. The van der Waals surface area contributed by atoms with E-state index in [9.17, 15) is 4.79 Å². The van der Waals surface area contributed by atoms with E-state index in [4.69, 9.17) is 11.6 Å². The van der Waals surface area contributed by atoms with Crippen molar-refractivity contribution in [1.82, 2.24) is 4.57 Å². The van der Waals surface area contributed by atoms with E-state index in [1.165, 1.54) is 5.56 Å². The summed E-state index contributed by atoms with van der Waals surface area (Å²) in [5.74, 6) is 0.0826. The number of hydrogen-bond acceptors (Lipinski definition) is 1. The number of Topliss-reactive ketones (excluding diaryl/α,β-unsaturated/α-hetero) is 1. The van der Waals surface area contributed by atoms with E-state index in [1.54, 1.807) is 6.92 Å². The van der Waals surface area contributed by atoms with E-state index < -0.39 is 0 Å². The molecule has 0 radical (unpaired) electrons. The summed E-state index contributed by atoms with van der Waals surface area (Å²) in [7, 11) is 0. The Kier molecular flexibility index (Phi) is 4.35. The summed E-state index contributed by atoms with van der Waals surface area (Å²) < 4.78 is 2.13. The molecule has 2 nitrogen and oxygen atoms in total. The number of carbonyl (C=O) groups is 1. The molecule has 0 N–H and O–H groups in total. The Morgan fingerprint density at radius 1 is 1.04 bits per heavy atom. The van der Waals surface area contributed by atoms with Crippen LogP contribution in [0.4, 0.5) is 0 Å². The first-order chi connectivity index (χ1) is 11.1. The largest absolute Gasteiger partial charge is 0.346 e. The Morgan fingerprint density at radius 3 is 2.30 bits per heavy atom. The van der Waals surface area contributed by atoms with Crippen LogP contribution >= 0.6 is 11.6 Å². The SMILES string of the molecule is CC(=O)c1c(-c2ccc(Cl)cc2)cn(Cc2ccccc2)c1C. The lowest BCUT2D eigenvalue weighted by Crippen LogP contribution is -2.02. The minimum absolute atomic E-state index is 0.0826. The van der Waals surface area contributed by atoms with Crippen LogP contribution in [0.2, 0.25) is 5.02 Å². The van der Waals surface area contributed by atoms with Crippen LogP contribution in [0, 0.1) is 6.92 Å². The first kappa shape index (κ1) is 15.6. The fraction of sp³-hybridized carbons (Fsp3) is 0.150. The lowest BCUT2D eigenvalue weighted by molar-refractivity contribution is 0.101. The monoisotopic (exact) mass is 323 g/mol. The average molecular weight is 324 g/mol. The third kappa shape index (κ3) is 3.22. The molecule has 0 fully saturated rings. The van der Waals surface area contributed by atoms with Crippen LogP contribution in [-0.4, -0.2) is 10.4 Å². The van der Waals surface area contributed by atoms with Crippen molar-refractivity contribution >= 4 is 17.4 Å². The molecule has 2 aromatic carbocycles. The van der Waals surface area contributed by atoms with Crippen LogP contribution < -0.4 is 0 Å². The normalized spacial score (nSPS) is 10.7. The Morgan fingerprint density at radius 2 is 1.70 bits per heavy atom. The number of halogens is 1. The molecular weight excluding hydrogens is 306 g/mol. The van der Waals surface area contributed by atoms with E-state index in [0.717, 1.165) is 28.9 Å². The van der Waals surface area contributed by atoms with Gasteiger partial charge in [0.25, 0.3) is 0 Å². The van der Waals surface area contributed by atoms with Gasteiger partial charge in [0.05, 0.1) is 0 Å². The number of hydrogen-bond donors (Lipinski definition) is 0. The molecule has 116 valence electrons. The molecule has 0 aliphatic heterocycles. The van der Waals surface area contributed by atoms with Gasteiger partial charge < -0.3 is 4.57 Å². The van der Waals surface area contributed by atoms with Crippen molar-refractivity contribution in [2.24, 2.45) is 0 Å². The van der Waals surface area contributed by atoms with Gasteiger partial charge in [-0.3, -0.25) is 4.79 Å². The Labute approximate surface area is 141 Å². The van der Waals surface area contributed by atoms with E-state index in [2.05, 4.69) is 22.9 Å². The molecule has 0 bridgehead atoms. The molecule has 1 aromatic heterocycles. The second-order valence-corrected chi connectivity index (χ2v) is 6.12. The molecule has 0 aliphatic carbocycles. The third-order valence-electron chi connectivity index (χ3n) is 4.05. The summed E-state index contributed by atoms with van der Waals surface area (Å²) in [5, 5.41) is 0.693. The minimum atomic E-state index is 0.0826. The van der Waals surface area contributed by atoms with Crippen molar-refractivity contribution in [2.45, 2.75) is 20.4 Å². The van der Waals surface area contributed by atoms with Gasteiger partial charge in [0.2, 0.25) is 0 Å². The highest BCUT2D eigenvalue weighted by molar-refractivity contribution is 6.30. The fourth-order valence-corrected chi connectivity index (χ4v) is 3.02. The Bertz CT molecular complexity index is 832. The number of ketones is 1. The number of nitrogens with zero attached hydrogens (tertiary/aromatic N) is 1. The molecule has 3 aromatic rings. The molecule has 3 rings (SSSR count). The first-order valence-electron chi connectivity index (χ1n) is 7.57. The molecule has 23 heavy (non-hydrogen) atoms. The summed E-state index contributed by atoms with van der Waals surface area (Å²) in [4.78, 5) is 12.2. The quantitative estimate of drug-likeness (QED) is 0.592. The highest BCUT2D eigenvalue weighted by Crippen LogP contribution is 2.30. The number of carbonyl (C=O) groups excluding carboxylic acids is 1. The Hall–Kier alpha value is -2.32. The van der Waals surface area contributed by atoms with Crippen LogP contribution in [-0.2, 0) is 6.54 Å². The second kappa shape index (κ2) is 6.43. The van der Waals surface area contributed by atoms with Gasteiger partial charge in [-0.05, 0) is 37.1 Å². The van der Waals surface area contributed by atoms with Crippen molar-refractivity contribution in [3.8, 4) is 11.1 Å². The number of aromatic nitrogens is 1. The highest BCUT2D eigenvalue weighted by Gasteiger charge is 2.17. The zero-order chi connectivity index (χ0) is 16.4. The predicted octanol–water partition coefficient (Wildman–Crippen LogP) is 5.37. The van der Waals surface area contributed by atoms with Crippen molar-refractivity contribution in [1.29, 1.82) is 0 Å². The zero-order valence-electron chi connectivity index (χ0n) is 13.2. The van der Waals surface area contributed by atoms with Crippen LogP contribution in [0.15, 0.2) is 60.8 Å². The molecule has 0 atom stereocenters. The smallest absolute Gasteiger partial charge is 0.162 e. The van der Waals surface area contributed by atoms with Gasteiger partial charge in [-0.25, -0.2) is 0 Å². The molecule has 0 amide bonds. The molecule has 0 aliphatic rings. The van der Waals surface area contributed by atoms with Gasteiger partial charge >= 0.3 is 0 Å². The fourth-order valence-electron chi connectivity index (χ4n) is 2.89. The summed E-state index contributed by atoms with van der Waals surface area (Å²) in [6, 6.07) is 17.9. The maximum atomic E-state index is 12.2. The zero-order valence-corrected chi connectivity index (χ0v) is 14.0. The van der Waals surface area contributed by atoms with Crippen LogP contribution in [0.3, 0.4) is 0 Å². The standard InChI is InChI=1S/C20H18ClNO/c1-14-20(15(2)23)19(17-8-10-18(21)11-9-17)13-22(14)12-16-6-4-3-5-7-16/h3-11,13H,12H2,1-2H3. The second-order valence-electron chi connectivity index (χ2n) is 5.68. The number of rotatable bonds is 4. The molecule has 1 heterocycles. The molecular formula is C20H18ClNO. The third-order valence-corrected chi connectivity index (χ3v) is 4.30. The van der Waals surface area contributed by atoms with Gasteiger partial charge in [0.15, 0.2) is 5.78 Å². The molecule has 0 saturated heterocycles. The van der Waals surface area contributed by atoms with Crippen molar-refractivity contribution in [3.63, 3.8) is 0 Å². The van der Waals surface area contributed by atoms with Crippen LogP contribution in [0.5, 0.6) is 0 Å². The minimum Gasteiger partial charge on any atom is -0.346 e. The highest BCUT2D eigenvalue weighted by atomic mass is 35.5. The van der Waals surface area contributed by atoms with E-state index in [0.29, 0.717) is 5.02 Å². The van der Waals surface area contributed by atoms with Crippen LogP contribution in [0.1, 0.15) is 28.5 Å². The van der Waals surface area contributed by atoms with Crippen molar-refractivity contribution in [2.75, 3.05) is 0 Å². The van der Waals surface area contributed by atoms with Crippen LogP contribution in [0.25, 0.3) is 11.1 Å². The summed E-state index contributed by atoms with van der Waals surface area (Å²) in [6.07, 6.45) is 2.06. The van der Waals surface area contributed by atoms with Gasteiger partial charge in [-0.15, -0.1) is 0 Å². The Balaban J connectivity index is 2.07. The molecule has 0 unspecified atom stereocenters. The summed E-state index contributed by atoms with van der Waals surface area (Å²) in [5.41, 5.74) is 4.95. The van der Waals surface area contributed by atoms with Crippen molar-refractivity contribution < 1.29 is 4.79 Å². The van der Waals surface area contributed by atoms with Crippen molar-refractivity contribution in [3.05, 3.63) is 82.6 Å². The molecule has 0 spiro atoms.